The molecule has 72 valence electrons. The Kier molecular flexibility index (Phi) is 4.03. The van der Waals surface area contributed by atoms with Gasteiger partial charge in [-0.25, -0.2) is 0 Å². The third kappa shape index (κ3) is 2.88. The molecule has 1 rings (SSSR count). The molecule has 2 heteroatoms. The van der Waals surface area contributed by atoms with E-state index in [0.717, 1.165) is 30.8 Å². The largest absolute Gasteiger partial charge is 0.494 e. The SMILES string of the molecule is C=C(OCCCC)c1ccsc1C. The molecule has 0 saturated carbocycles. The highest BCUT2D eigenvalue weighted by Gasteiger charge is 2.03. The van der Waals surface area contributed by atoms with Gasteiger partial charge in [0.15, 0.2) is 0 Å². The first-order valence-electron chi connectivity index (χ1n) is 4.62. The summed E-state index contributed by atoms with van der Waals surface area (Å²) in [5.41, 5.74) is 1.15. The summed E-state index contributed by atoms with van der Waals surface area (Å²) in [4.78, 5) is 1.28. The lowest BCUT2D eigenvalue weighted by Gasteiger charge is -2.07. The molecule has 0 aliphatic rings. The van der Waals surface area contributed by atoms with E-state index >= 15 is 0 Å². The Balaban J connectivity index is 2.45. The van der Waals surface area contributed by atoms with Crippen LogP contribution in [-0.4, -0.2) is 6.61 Å². The van der Waals surface area contributed by atoms with Crippen LogP contribution in [0, 0.1) is 6.92 Å². The van der Waals surface area contributed by atoms with Crippen LogP contribution in [0.15, 0.2) is 18.0 Å². The summed E-state index contributed by atoms with van der Waals surface area (Å²) in [5.74, 6) is 0.812. The van der Waals surface area contributed by atoms with Gasteiger partial charge < -0.3 is 4.74 Å². The number of unbranched alkanes of at least 4 members (excludes halogenated alkanes) is 1. The summed E-state index contributed by atoms with van der Waals surface area (Å²) in [5, 5.41) is 2.07. The van der Waals surface area contributed by atoms with Crippen molar-refractivity contribution in [3.8, 4) is 0 Å². The Hall–Kier alpha value is -0.760. The van der Waals surface area contributed by atoms with Gasteiger partial charge in [-0.3, -0.25) is 0 Å². The molecule has 0 saturated heterocycles. The van der Waals surface area contributed by atoms with E-state index in [0.29, 0.717) is 0 Å². The average Bonchev–Trinajstić information content (AvgIpc) is 2.52. The Bertz CT molecular complexity index is 275. The molecule has 0 spiro atoms. The van der Waals surface area contributed by atoms with E-state index in [2.05, 4.69) is 31.9 Å². The van der Waals surface area contributed by atoms with Gasteiger partial charge in [0, 0.05) is 10.4 Å². The molecule has 0 radical (unpaired) electrons. The first-order chi connectivity index (χ1) is 6.25. The van der Waals surface area contributed by atoms with Crippen molar-refractivity contribution in [3.05, 3.63) is 28.5 Å². The van der Waals surface area contributed by atoms with Crippen LogP contribution in [-0.2, 0) is 4.74 Å². The lowest BCUT2D eigenvalue weighted by molar-refractivity contribution is 0.271. The number of thiophene rings is 1. The Morgan fingerprint density at radius 1 is 1.62 bits per heavy atom. The van der Waals surface area contributed by atoms with Crippen LogP contribution < -0.4 is 0 Å². The van der Waals surface area contributed by atoms with Crippen LogP contribution in [0.2, 0.25) is 0 Å². The van der Waals surface area contributed by atoms with Gasteiger partial charge in [0.2, 0.25) is 0 Å². The van der Waals surface area contributed by atoms with Crippen molar-refractivity contribution in [2.24, 2.45) is 0 Å². The first kappa shape index (κ1) is 10.3. The van der Waals surface area contributed by atoms with Gasteiger partial charge in [-0.2, -0.15) is 0 Å². The number of hydrogen-bond acceptors (Lipinski definition) is 2. The van der Waals surface area contributed by atoms with Gasteiger partial charge >= 0.3 is 0 Å². The minimum absolute atomic E-state index is 0.782. The monoisotopic (exact) mass is 196 g/mol. The third-order valence-corrected chi connectivity index (χ3v) is 2.78. The maximum atomic E-state index is 5.52. The van der Waals surface area contributed by atoms with Crippen molar-refractivity contribution in [2.45, 2.75) is 26.7 Å². The standard InChI is InChI=1S/C11H16OS/c1-4-5-7-12-9(2)11-6-8-13-10(11)3/h6,8H,2,4-5,7H2,1,3H3. The number of hydrogen-bond donors (Lipinski definition) is 0. The molecule has 0 bridgehead atoms. The van der Waals surface area contributed by atoms with Gasteiger partial charge in [0.05, 0.1) is 6.61 Å². The third-order valence-electron chi connectivity index (χ3n) is 1.93. The van der Waals surface area contributed by atoms with Crippen LogP contribution in [0.3, 0.4) is 0 Å². The highest BCUT2D eigenvalue weighted by atomic mass is 32.1. The fourth-order valence-electron chi connectivity index (χ4n) is 1.09. The second kappa shape index (κ2) is 5.07. The maximum Gasteiger partial charge on any atom is 0.120 e. The van der Waals surface area contributed by atoms with Gasteiger partial charge in [-0.05, 0) is 24.8 Å². The van der Waals surface area contributed by atoms with Crippen LogP contribution in [0.25, 0.3) is 5.76 Å². The molecular formula is C11H16OS. The molecule has 1 nitrogen and oxygen atoms in total. The van der Waals surface area contributed by atoms with Gasteiger partial charge in [-0.15, -0.1) is 11.3 Å². The van der Waals surface area contributed by atoms with E-state index in [9.17, 15) is 0 Å². The molecule has 0 unspecified atom stereocenters. The van der Waals surface area contributed by atoms with Crippen LogP contribution in [0.4, 0.5) is 0 Å². The lowest BCUT2D eigenvalue weighted by Crippen LogP contribution is -1.93. The highest BCUT2D eigenvalue weighted by Crippen LogP contribution is 2.23. The van der Waals surface area contributed by atoms with Crippen LogP contribution in [0.5, 0.6) is 0 Å². The molecule has 1 aromatic heterocycles. The van der Waals surface area contributed by atoms with Crippen molar-refractivity contribution < 1.29 is 4.74 Å². The smallest absolute Gasteiger partial charge is 0.120 e. The Labute approximate surface area is 84.1 Å². The fraction of sp³-hybridized carbons (Fsp3) is 0.455. The lowest BCUT2D eigenvalue weighted by atomic mass is 10.2. The normalized spacial score (nSPS) is 10.0. The van der Waals surface area contributed by atoms with Gasteiger partial charge in [0.1, 0.15) is 5.76 Å². The summed E-state index contributed by atoms with van der Waals surface area (Å²) in [7, 11) is 0. The van der Waals surface area contributed by atoms with E-state index in [1.54, 1.807) is 11.3 Å². The van der Waals surface area contributed by atoms with Gasteiger partial charge in [0.25, 0.3) is 0 Å². The zero-order valence-corrected chi connectivity index (χ0v) is 9.12. The predicted octanol–water partition coefficient (Wildman–Crippen LogP) is 3.84. The molecule has 0 N–H and O–H groups in total. The van der Waals surface area contributed by atoms with E-state index in [1.807, 2.05) is 0 Å². The number of aryl methyl sites for hydroxylation is 1. The van der Waals surface area contributed by atoms with E-state index in [4.69, 9.17) is 4.74 Å². The second-order valence-electron chi connectivity index (χ2n) is 3.02. The van der Waals surface area contributed by atoms with E-state index < -0.39 is 0 Å². The molecule has 0 amide bonds. The highest BCUT2D eigenvalue weighted by molar-refractivity contribution is 7.10. The minimum Gasteiger partial charge on any atom is -0.494 e. The van der Waals surface area contributed by atoms with Crippen LogP contribution >= 0.6 is 11.3 Å². The quantitative estimate of drug-likeness (QED) is 0.513. The van der Waals surface area contributed by atoms with Crippen molar-refractivity contribution >= 4 is 17.1 Å². The molecule has 1 heterocycles. The zero-order chi connectivity index (χ0) is 9.68. The molecule has 0 fully saturated rings. The molecule has 0 aliphatic carbocycles. The Morgan fingerprint density at radius 2 is 2.38 bits per heavy atom. The first-order valence-corrected chi connectivity index (χ1v) is 5.49. The Morgan fingerprint density at radius 3 is 2.92 bits per heavy atom. The fourth-order valence-corrected chi connectivity index (χ4v) is 1.81. The summed E-state index contributed by atoms with van der Waals surface area (Å²) < 4.78 is 5.52. The van der Waals surface area contributed by atoms with Crippen molar-refractivity contribution in [2.75, 3.05) is 6.61 Å². The van der Waals surface area contributed by atoms with Crippen LogP contribution in [0.1, 0.15) is 30.2 Å². The molecule has 13 heavy (non-hydrogen) atoms. The molecule has 0 aromatic carbocycles. The number of ether oxygens (including phenoxy) is 1. The maximum absolute atomic E-state index is 5.52. The molecule has 1 aromatic rings. The van der Waals surface area contributed by atoms with E-state index in [1.165, 1.54) is 4.88 Å². The van der Waals surface area contributed by atoms with E-state index in [-0.39, 0.29) is 0 Å². The minimum atomic E-state index is 0.782. The van der Waals surface area contributed by atoms with Crippen molar-refractivity contribution in [1.29, 1.82) is 0 Å². The molecule has 0 atom stereocenters. The average molecular weight is 196 g/mol. The van der Waals surface area contributed by atoms with Gasteiger partial charge in [-0.1, -0.05) is 19.9 Å². The predicted molar refractivity (Wildman–Crippen MR) is 59.0 cm³/mol. The number of rotatable bonds is 5. The summed E-state index contributed by atoms with van der Waals surface area (Å²) >= 11 is 1.73. The van der Waals surface area contributed by atoms with Crippen molar-refractivity contribution in [1.82, 2.24) is 0 Å². The summed E-state index contributed by atoms with van der Waals surface area (Å²) in [6.07, 6.45) is 2.26. The topological polar surface area (TPSA) is 9.23 Å². The van der Waals surface area contributed by atoms with Crippen molar-refractivity contribution in [3.63, 3.8) is 0 Å². The molecule has 0 aliphatic heterocycles. The second-order valence-corrected chi connectivity index (χ2v) is 4.14. The summed E-state index contributed by atoms with van der Waals surface area (Å²) in [6.45, 7) is 8.94. The summed E-state index contributed by atoms with van der Waals surface area (Å²) in [6, 6.07) is 2.06. The molecular weight excluding hydrogens is 180 g/mol. The zero-order valence-electron chi connectivity index (χ0n) is 8.30.